The number of hydrogen-bond donors (Lipinski definition) is 2. The van der Waals surface area contributed by atoms with Gasteiger partial charge in [-0.25, -0.2) is 0 Å². The van der Waals surface area contributed by atoms with Crippen LogP contribution in [-0.4, -0.2) is 62.8 Å². The largest absolute Gasteiger partial charge is 0.381 e. The van der Waals surface area contributed by atoms with Gasteiger partial charge >= 0.3 is 0 Å². The van der Waals surface area contributed by atoms with Gasteiger partial charge in [0.15, 0.2) is 0 Å². The van der Waals surface area contributed by atoms with Crippen LogP contribution >= 0.6 is 0 Å². The molecule has 0 aromatic heterocycles. The van der Waals surface area contributed by atoms with Crippen molar-refractivity contribution in [2.24, 2.45) is 0 Å². The Labute approximate surface area is 116 Å². The van der Waals surface area contributed by atoms with Crippen molar-refractivity contribution < 1.29 is 9.53 Å². The zero-order valence-electron chi connectivity index (χ0n) is 12.0. The maximum absolute atomic E-state index is 11.8. The molecule has 5 heteroatoms. The van der Waals surface area contributed by atoms with E-state index in [0.717, 1.165) is 32.6 Å². The lowest BCUT2D eigenvalue weighted by Gasteiger charge is -2.32. The van der Waals surface area contributed by atoms with Crippen LogP contribution in [0, 0.1) is 0 Å². The number of amides is 1. The van der Waals surface area contributed by atoms with Crippen molar-refractivity contribution in [3.05, 3.63) is 0 Å². The standard InChI is InChI=1S/C14H27N3O2/c1-17-7-3-2-4-13(17)10-15-11-14(18)16-12-5-8-19-9-6-12/h12-13,15H,2-11H2,1H3,(H,16,18). The summed E-state index contributed by atoms with van der Waals surface area (Å²) >= 11 is 0. The predicted octanol–water partition coefficient (Wildman–Crippen LogP) is 0.356. The molecular weight excluding hydrogens is 242 g/mol. The van der Waals surface area contributed by atoms with Gasteiger partial charge in [0.2, 0.25) is 5.91 Å². The molecule has 19 heavy (non-hydrogen) atoms. The minimum absolute atomic E-state index is 0.116. The van der Waals surface area contributed by atoms with Gasteiger partial charge in [0, 0.05) is 31.8 Å². The van der Waals surface area contributed by atoms with E-state index in [9.17, 15) is 4.79 Å². The molecule has 0 aliphatic carbocycles. The highest BCUT2D eigenvalue weighted by atomic mass is 16.5. The van der Waals surface area contributed by atoms with E-state index in [1.165, 1.54) is 25.8 Å². The summed E-state index contributed by atoms with van der Waals surface area (Å²) in [6, 6.07) is 0.894. The van der Waals surface area contributed by atoms with Crippen LogP contribution in [0.4, 0.5) is 0 Å². The third kappa shape index (κ3) is 5.09. The average molecular weight is 269 g/mol. The van der Waals surface area contributed by atoms with Crippen LogP contribution in [0.5, 0.6) is 0 Å². The molecule has 1 atom stereocenters. The smallest absolute Gasteiger partial charge is 0.234 e. The van der Waals surface area contributed by atoms with Gasteiger partial charge in [0.25, 0.3) is 0 Å². The van der Waals surface area contributed by atoms with E-state index >= 15 is 0 Å². The third-order valence-electron chi connectivity index (χ3n) is 4.17. The molecule has 0 saturated carbocycles. The first-order chi connectivity index (χ1) is 9.25. The molecule has 2 saturated heterocycles. The number of likely N-dealkylation sites (tertiary alicyclic amines) is 1. The van der Waals surface area contributed by atoms with Crippen molar-refractivity contribution in [2.75, 3.05) is 39.9 Å². The van der Waals surface area contributed by atoms with Gasteiger partial charge in [0.05, 0.1) is 6.54 Å². The van der Waals surface area contributed by atoms with E-state index in [0.29, 0.717) is 18.6 Å². The van der Waals surface area contributed by atoms with E-state index in [-0.39, 0.29) is 5.91 Å². The Kier molecular flexibility index (Phi) is 6.07. The number of rotatable bonds is 5. The zero-order valence-corrected chi connectivity index (χ0v) is 12.0. The number of carbonyl (C=O) groups is 1. The maximum Gasteiger partial charge on any atom is 0.234 e. The Bertz CT molecular complexity index is 280. The summed E-state index contributed by atoms with van der Waals surface area (Å²) in [7, 11) is 2.17. The summed E-state index contributed by atoms with van der Waals surface area (Å²) in [4.78, 5) is 14.2. The molecule has 2 heterocycles. The number of likely N-dealkylation sites (N-methyl/N-ethyl adjacent to an activating group) is 1. The molecule has 0 aromatic rings. The van der Waals surface area contributed by atoms with Gasteiger partial charge in [0.1, 0.15) is 0 Å². The fraction of sp³-hybridized carbons (Fsp3) is 0.929. The van der Waals surface area contributed by atoms with E-state index < -0.39 is 0 Å². The molecule has 110 valence electrons. The number of ether oxygens (including phenoxy) is 1. The van der Waals surface area contributed by atoms with E-state index in [4.69, 9.17) is 4.74 Å². The van der Waals surface area contributed by atoms with Crippen molar-refractivity contribution in [3.8, 4) is 0 Å². The monoisotopic (exact) mass is 269 g/mol. The van der Waals surface area contributed by atoms with E-state index in [1.807, 2.05) is 0 Å². The second-order valence-electron chi connectivity index (χ2n) is 5.72. The predicted molar refractivity (Wildman–Crippen MR) is 75.1 cm³/mol. The summed E-state index contributed by atoms with van der Waals surface area (Å²) in [5.41, 5.74) is 0. The van der Waals surface area contributed by atoms with Gasteiger partial charge < -0.3 is 20.3 Å². The molecule has 0 spiro atoms. The van der Waals surface area contributed by atoms with E-state index in [1.54, 1.807) is 0 Å². The molecule has 1 unspecified atom stereocenters. The van der Waals surface area contributed by atoms with Gasteiger partial charge in [-0.05, 0) is 39.3 Å². The number of carbonyl (C=O) groups excluding carboxylic acids is 1. The minimum atomic E-state index is 0.116. The van der Waals surface area contributed by atoms with Crippen LogP contribution in [0.3, 0.4) is 0 Å². The zero-order chi connectivity index (χ0) is 13.5. The van der Waals surface area contributed by atoms with Crippen LogP contribution in [0.25, 0.3) is 0 Å². The molecule has 2 N–H and O–H groups in total. The lowest BCUT2D eigenvalue weighted by Crippen LogP contribution is -2.47. The second-order valence-corrected chi connectivity index (χ2v) is 5.72. The molecule has 2 aliphatic rings. The topological polar surface area (TPSA) is 53.6 Å². The van der Waals surface area contributed by atoms with Crippen LogP contribution in [0.2, 0.25) is 0 Å². The maximum atomic E-state index is 11.8. The first-order valence-corrected chi connectivity index (χ1v) is 7.54. The minimum Gasteiger partial charge on any atom is -0.381 e. The number of nitrogens with zero attached hydrogens (tertiary/aromatic N) is 1. The highest BCUT2D eigenvalue weighted by Crippen LogP contribution is 2.13. The van der Waals surface area contributed by atoms with Crippen molar-refractivity contribution >= 4 is 5.91 Å². The molecule has 2 aliphatic heterocycles. The Morgan fingerprint density at radius 1 is 1.26 bits per heavy atom. The quantitative estimate of drug-likeness (QED) is 0.756. The van der Waals surface area contributed by atoms with Gasteiger partial charge in [-0.1, -0.05) is 6.42 Å². The summed E-state index contributed by atoms with van der Waals surface area (Å²) in [5.74, 6) is 0.116. The lowest BCUT2D eigenvalue weighted by molar-refractivity contribution is -0.121. The summed E-state index contributed by atoms with van der Waals surface area (Å²) < 4.78 is 5.28. The van der Waals surface area contributed by atoms with Gasteiger partial charge in [-0.2, -0.15) is 0 Å². The van der Waals surface area contributed by atoms with Crippen molar-refractivity contribution in [2.45, 2.75) is 44.2 Å². The molecule has 0 bridgehead atoms. The van der Waals surface area contributed by atoms with Gasteiger partial charge in [-0.3, -0.25) is 4.79 Å². The van der Waals surface area contributed by atoms with Gasteiger partial charge in [-0.15, -0.1) is 0 Å². The number of piperidine rings is 1. The van der Waals surface area contributed by atoms with Crippen LogP contribution in [0.15, 0.2) is 0 Å². The Morgan fingerprint density at radius 2 is 2.05 bits per heavy atom. The van der Waals surface area contributed by atoms with Crippen LogP contribution in [-0.2, 0) is 9.53 Å². The second kappa shape index (κ2) is 7.82. The lowest BCUT2D eigenvalue weighted by atomic mass is 10.0. The Balaban J connectivity index is 1.58. The fourth-order valence-corrected chi connectivity index (χ4v) is 2.87. The van der Waals surface area contributed by atoms with Crippen molar-refractivity contribution in [1.82, 2.24) is 15.5 Å². The first kappa shape index (κ1) is 14.8. The highest BCUT2D eigenvalue weighted by Gasteiger charge is 2.19. The number of hydrogen-bond acceptors (Lipinski definition) is 4. The van der Waals surface area contributed by atoms with Crippen LogP contribution < -0.4 is 10.6 Å². The number of nitrogens with one attached hydrogen (secondary N) is 2. The molecule has 2 fully saturated rings. The Morgan fingerprint density at radius 3 is 2.79 bits per heavy atom. The SMILES string of the molecule is CN1CCCCC1CNCC(=O)NC1CCOCC1. The summed E-state index contributed by atoms with van der Waals surface area (Å²) in [5, 5.41) is 6.36. The van der Waals surface area contributed by atoms with Crippen LogP contribution in [0.1, 0.15) is 32.1 Å². The molecule has 2 rings (SSSR count). The van der Waals surface area contributed by atoms with Crippen molar-refractivity contribution in [1.29, 1.82) is 0 Å². The molecule has 0 radical (unpaired) electrons. The first-order valence-electron chi connectivity index (χ1n) is 7.54. The summed E-state index contributed by atoms with van der Waals surface area (Å²) in [6.45, 7) is 4.07. The highest BCUT2D eigenvalue weighted by molar-refractivity contribution is 5.78. The van der Waals surface area contributed by atoms with Crippen molar-refractivity contribution in [3.63, 3.8) is 0 Å². The van der Waals surface area contributed by atoms with E-state index in [2.05, 4.69) is 22.6 Å². The molecule has 0 aromatic carbocycles. The molecule has 1 amide bonds. The fourth-order valence-electron chi connectivity index (χ4n) is 2.87. The summed E-state index contributed by atoms with van der Waals surface area (Å²) in [6.07, 6.45) is 5.74. The normalized spacial score (nSPS) is 26.3. The Hall–Kier alpha value is -0.650. The third-order valence-corrected chi connectivity index (χ3v) is 4.17. The molecule has 5 nitrogen and oxygen atoms in total. The average Bonchev–Trinajstić information content (AvgIpc) is 2.42. The molecular formula is C14H27N3O2.